The second kappa shape index (κ2) is 7.32. The van der Waals surface area contributed by atoms with E-state index in [-0.39, 0.29) is 6.04 Å². The molecule has 0 amide bonds. The maximum absolute atomic E-state index is 13.2. The van der Waals surface area contributed by atoms with Crippen LogP contribution in [0, 0.1) is 11.6 Å². The van der Waals surface area contributed by atoms with Gasteiger partial charge < -0.3 is 5.32 Å². The van der Waals surface area contributed by atoms with Crippen LogP contribution in [0.4, 0.5) is 8.78 Å². The average Bonchev–Trinajstić information content (AvgIpc) is 2.52. The molecule has 0 aliphatic rings. The smallest absolute Gasteiger partial charge is 0.159 e. The van der Waals surface area contributed by atoms with Gasteiger partial charge >= 0.3 is 0 Å². The van der Waals surface area contributed by atoms with Crippen LogP contribution in [-0.4, -0.2) is 0 Å². The number of hydrogen-bond acceptors (Lipinski definition) is 1. The molecular formula is C18H21F2N. The fourth-order valence-electron chi connectivity index (χ4n) is 2.37. The number of rotatable bonds is 6. The van der Waals surface area contributed by atoms with Gasteiger partial charge in [0.15, 0.2) is 11.6 Å². The molecule has 0 aromatic heterocycles. The Morgan fingerprint density at radius 1 is 0.905 bits per heavy atom. The van der Waals surface area contributed by atoms with E-state index in [0.717, 1.165) is 18.4 Å². The molecule has 0 radical (unpaired) electrons. The van der Waals surface area contributed by atoms with E-state index in [1.54, 1.807) is 6.07 Å². The maximum atomic E-state index is 13.2. The summed E-state index contributed by atoms with van der Waals surface area (Å²) in [6.07, 6.45) is 1.97. The van der Waals surface area contributed by atoms with Crippen molar-refractivity contribution in [2.45, 2.75) is 39.3 Å². The molecule has 0 bridgehead atoms. The maximum Gasteiger partial charge on any atom is 0.159 e. The molecule has 0 saturated heterocycles. The molecule has 1 atom stereocenters. The number of benzene rings is 2. The Balaban J connectivity index is 2.02. The summed E-state index contributed by atoms with van der Waals surface area (Å²) in [5.41, 5.74) is 3.28. The van der Waals surface area contributed by atoms with Crippen LogP contribution in [0.25, 0.3) is 0 Å². The van der Waals surface area contributed by atoms with Gasteiger partial charge in [-0.1, -0.05) is 44.2 Å². The Hall–Kier alpha value is -1.74. The highest BCUT2D eigenvalue weighted by Crippen LogP contribution is 2.18. The molecule has 21 heavy (non-hydrogen) atoms. The Morgan fingerprint density at radius 3 is 2.14 bits per heavy atom. The lowest BCUT2D eigenvalue weighted by molar-refractivity contribution is 0.497. The molecule has 3 heteroatoms. The van der Waals surface area contributed by atoms with Crippen molar-refractivity contribution in [1.82, 2.24) is 5.32 Å². The van der Waals surface area contributed by atoms with E-state index >= 15 is 0 Å². The second-order valence-electron chi connectivity index (χ2n) is 5.19. The SMILES string of the molecule is CCc1ccc(C(CC)NCc2ccc(F)c(F)c2)cc1. The highest BCUT2D eigenvalue weighted by Gasteiger charge is 2.09. The molecule has 0 fully saturated rings. The lowest BCUT2D eigenvalue weighted by atomic mass is 10.0. The molecule has 2 rings (SSSR count). The Kier molecular flexibility index (Phi) is 5.45. The van der Waals surface area contributed by atoms with Crippen molar-refractivity contribution in [2.75, 3.05) is 0 Å². The molecule has 1 nitrogen and oxygen atoms in total. The van der Waals surface area contributed by atoms with E-state index in [1.165, 1.54) is 23.3 Å². The minimum atomic E-state index is -0.805. The van der Waals surface area contributed by atoms with Crippen LogP contribution in [0.1, 0.15) is 43.0 Å². The zero-order valence-corrected chi connectivity index (χ0v) is 12.5. The number of hydrogen-bond donors (Lipinski definition) is 1. The van der Waals surface area contributed by atoms with Crippen molar-refractivity contribution >= 4 is 0 Å². The molecule has 2 aromatic rings. The van der Waals surface area contributed by atoms with E-state index < -0.39 is 11.6 Å². The molecule has 0 aliphatic heterocycles. The largest absolute Gasteiger partial charge is 0.306 e. The van der Waals surface area contributed by atoms with E-state index in [4.69, 9.17) is 0 Å². The lowest BCUT2D eigenvalue weighted by Gasteiger charge is -2.18. The van der Waals surface area contributed by atoms with E-state index in [1.807, 2.05) is 0 Å². The van der Waals surface area contributed by atoms with Crippen LogP contribution in [0.2, 0.25) is 0 Å². The number of halogens is 2. The molecule has 1 unspecified atom stereocenters. The van der Waals surface area contributed by atoms with Crippen molar-refractivity contribution in [3.8, 4) is 0 Å². The van der Waals surface area contributed by atoms with Crippen molar-refractivity contribution in [2.24, 2.45) is 0 Å². The molecule has 0 saturated carbocycles. The van der Waals surface area contributed by atoms with Gasteiger partial charge in [0.25, 0.3) is 0 Å². The molecule has 0 aliphatic carbocycles. The van der Waals surface area contributed by atoms with Gasteiger partial charge in [-0.3, -0.25) is 0 Å². The number of aryl methyl sites for hydroxylation is 1. The van der Waals surface area contributed by atoms with Crippen LogP contribution in [-0.2, 0) is 13.0 Å². The van der Waals surface area contributed by atoms with Crippen molar-refractivity contribution in [1.29, 1.82) is 0 Å². The van der Waals surface area contributed by atoms with Crippen LogP contribution in [0.5, 0.6) is 0 Å². The van der Waals surface area contributed by atoms with Crippen LogP contribution < -0.4 is 5.32 Å². The first-order valence-electron chi connectivity index (χ1n) is 7.40. The van der Waals surface area contributed by atoms with Gasteiger partial charge in [-0.25, -0.2) is 8.78 Å². The third-order valence-corrected chi connectivity index (χ3v) is 3.74. The monoisotopic (exact) mass is 289 g/mol. The van der Waals surface area contributed by atoms with E-state index in [0.29, 0.717) is 6.54 Å². The Bertz CT molecular complexity index is 578. The zero-order valence-electron chi connectivity index (χ0n) is 12.5. The summed E-state index contributed by atoms with van der Waals surface area (Å²) in [6.45, 7) is 4.76. The molecule has 2 aromatic carbocycles. The van der Waals surface area contributed by atoms with Gasteiger partial charge in [-0.15, -0.1) is 0 Å². The number of nitrogens with one attached hydrogen (secondary N) is 1. The minimum absolute atomic E-state index is 0.212. The van der Waals surface area contributed by atoms with Crippen LogP contribution in [0.3, 0.4) is 0 Å². The van der Waals surface area contributed by atoms with Gasteiger partial charge in [0.1, 0.15) is 0 Å². The molecule has 0 heterocycles. The molecule has 0 spiro atoms. The first-order chi connectivity index (χ1) is 10.1. The van der Waals surface area contributed by atoms with Gasteiger partial charge in [0, 0.05) is 12.6 Å². The first-order valence-corrected chi connectivity index (χ1v) is 7.40. The zero-order chi connectivity index (χ0) is 15.2. The highest BCUT2D eigenvalue weighted by atomic mass is 19.2. The summed E-state index contributed by atoms with van der Waals surface area (Å²) in [7, 11) is 0. The quantitative estimate of drug-likeness (QED) is 0.808. The van der Waals surface area contributed by atoms with Gasteiger partial charge in [0.2, 0.25) is 0 Å². The fraction of sp³-hybridized carbons (Fsp3) is 0.333. The second-order valence-corrected chi connectivity index (χ2v) is 5.19. The third-order valence-electron chi connectivity index (χ3n) is 3.74. The van der Waals surface area contributed by atoms with Crippen LogP contribution >= 0.6 is 0 Å². The summed E-state index contributed by atoms with van der Waals surface area (Å²) in [5, 5.41) is 3.40. The van der Waals surface area contributed by atoms with Crippen molar-refractivity contribution < 1.29 is 8.78 Å². The molecule has 112 valence electrons. The lowest BCUT2D eigenvalue weighted by Crippen LogP contribution is -2.20. The highest BCUT2D eigenvalue weighted by molar-refractivity contribution is 5.25. The summed E-state index contributed by atoms with van der Waals surface area (Å²) in [4.78, 5) is 0. The summed E-state index contributed by atoms with van der Waals surface area (Å²) >= 11 is 0. The van der Waals surface area contributed by atoms with Gasteiger partial charge in [-0.2, -0.15) is 0 Å². The van der Waals surface area contributed by atoms with Crippen LogP contribution in [0.15, 0.2) is 42.5 Å². The summed E-state index contributed by atoms with van der Waals surface area (Å²) in [6, 6.07) is 12.8. The first kappa shape index (κ1) is 15.6. The van der Waals surface area contributed by atoms with Crippen molar-refractivity contribution in [3.05, 3.63) is 70.8 Å². The predicted molar refractivity (Wildman–Crippen MR) is 82.0 cm³/mol. The van der Waals surface area contributed by atoms with E-state index in [9.17, 15) is 8.78 Å². The molecule has 1 N–H and O–H groups in total. The minimum Gasteiger partial charge on any atom is -0.306 e. The Labute approximate surface area is 125 Å². The fourth-order valence-corrected chi connectivity index (χ4v) is 2.37. The average molecular weight is 289 g/mol. The normalized spacial score (nSPS) is 12.4. The van der Waals surface area contributed by atoms with Crippen molar-refractivity contribution in [3.63, 3.8) is 0 Å². The third kappa shape index (κ3) is 4.11. The summed E-state index contributed by atoms with van der Waals surface area (Å²) in [5.74, 6) is -1.60. The predicted octanol–water partition coefficient (Wildman–Crippen LogP) is 4.77. The van der Waals surface area contributed by atoms with Gasteiger partial charge in [0.05, 0.1) is 0 Å². The summed E-state index contributed by atoms with van der Waals surface area (Å²) < 4.78 is 26.1. The van der Waals surface area contributed by atoms with E-state index in [2.05, 4.69) is 43.4 Å². The Morgan fingerprint density at radius 2 is 1.57 bits per heavy atom. The standard InChI is InChI=1S/C18H21F2N/c1-3-13-5-8-15(9-6-13)18(4-2)21-12-14-7-10-16(19)17(20)11-14/h5-11,18,21H,3-4,12H2,1-2H3. The molecular weight excluding hydrogens is 268 g/mol. The topological polar surface area (TPSA) is 12.0 Å². The van der Waals surface area contributed by atoms with Gasteiger partial charge in [-0.05, 0) is 41.7 Å².